The molecule has 2 aromatic heterocycles. The number of nitrogens with zero attached hydrogens (tertiary/aromatic N) is 6. The van der Waals surface area contributed by atoms with E-state index in [-0.39, 0.29) is 26.4 Å². The Bertz CT molecular complexity index is 3020. The third-order valence-electron chi connectivity index (χ3n) is 12.2. The highest BCUT2D eigenvalue weighted by molar-refractivity contribution is 5.88. The number of hydrogen-bond acceptors (Lipinski definition) is 12. The number of hydrogen-bond donors (Lipinski definition) is 0. The fourth-order valence-corrected chi connectivity index (χ4v) is 8.63. The van der Waals surface area contributed by atoms with Crippen molar-refractivity contribution in [2.24, 2.45) is 0 Å². The second kappa shape index (κ2) is 24.0. The molecule has 0 radical (unpaired) electrons. The summed E-state index contributed by atoms with van der Waals surface area (Å²) in [6, 6.07) is 58.5. The van der Waals surface area contributed by atoms with E-state index in [2.05, 4.69) is 57.0 Å². The van der Waals surface area contributed by atoms with Crippen molar-refractivity contribution in [3.05, 3.63) is 216 Å². The van der Waals surface area contributed by atoms with E-state index in [4.69, 9.17) is 37.9 Å². The van der Waals surface area contributed by atoms with Gasteiger partial charge in [-0.25, -0.2) is 9.36 Å². The van der Waals surface area contributed by atoms with Crippen molar-refractivity contribution >= 4 is 21.5 Å². The second-order valence-corrected chi connectivity index (χ2v) is 17.3. The number of benzene rings is 7. The SMILES string of the molecule is c1ccc(CO[C@@H]2[C@@H](OCc3ccccc3)[C@@H](OCc3cn(CCOc4cccc5ccccc45)nn3)O[C@H](COCc3cn(CCOc4cccc5ccccc45)nn3)[C@H]2OCc2ccccc2)cc1. The zero-order valence-corrected chi connectivity index (χ0v) is 39.3. The zero-order chi connectivity index (χ0) is 47.9. The van der Waals surface area contributed by atoms with E-state index in [1.807, 2.05) is 152 Å². The van der Waals surface area contributed by atoms with Gasteiger partial charge < -0.3 is 37.9 Å². The number of rotatable bonds is 24. The third kappa shape index (κ3) is 12.7. The quantitative estimate of drug-likeness (QED) is 0.0571. The van der Waals surface area contributed by atoms with Crippen LogP contribution in [0.1, 0.15) is 28.1 Å². The van der Waals surface area contributed by atoms with Crippen LogP contribution in [0.2, 0.25) is 0 Å². The highest BCUT2D eigenvalue weighted by Crippen LogP contribution is 2.33. The Morgan fingerprint density at radius 3 is 1.41 bits per heavy atom. The molecule has 0 spiro atoms. The molecule has 1 fully saturated rings. The minimum Gasteiger partial charge on any atom is -0.491 e. The summed E-state index contributed by atoms with van der Waals surface area (Å²) in [7, 11) is 0. The normalized spacial score (nSPS) is 17.9. The van der Waals surface area contributed by atoms with Crippen LogP contribution in [0.15, 0.2) is 188 Å². The summed E-state index contributed by atoms with van der Waals surface area (Å²) in [6.07, 6.45) is 0.0817. The first-order valence-electron chi connectivity index (χ1n) is 24.0. The van der Waals surface area contributed by atoms with Gasteiger partial charge in [-0.05, 0) is 39.6 Å². The van der Waals surface area contributed by atoms with E-state index in [0.29, 0.717) is 50.9 Å². The van der Waals surface area contributed by atoms with Crippen molar-refractivity contribution < 1.29 is 37.9 Å². The van der Waals surface area contributed by atoms with E-state index in [0.717, 1.165) is 49.7 Å². The summed E-state index contributed by atoms with van der Waals surface area (Å²) in [5.74, 6) is 1.65. The van der Waals surface area contributed by atoms with E-state index < -0.39 is 30.7 Å². The Hall–Kier alpha value is -7.30. The summed E-state index contributed by atoms with van der Waals surface area (Å²) >= 11 is 0. The molecule has 5 atom stereocenters. The van der Waals surface area contributed by atoms with Crippen molar-refractivity contribution in [3.8, 4) is 11.5 Å². The minimum absolute atomic E-state index is 0.0852. The predicted octanol–water partition coefficient (Wildman–Crippen LogP) is 9.55. The molecule has 14 heteroatoms. The summed E-state index contributed by atoms with van der Waals surface area (Å²) in [6.45, 7) is 3.09. The maximum Gasteiger partial charge on any atom is 0.187 e. The third-order valence-corrected chi connectivity index (χ3v) is 12.2. The van der Waals surface area contributed by atoms with Gasteiger partial charge in [0.05, 0.1) is 65.1 Å². The van der Waals surface area contributed by atoms with Crippen molar-refractivity contribution in [2.45, 2.75) is 76.8 Å². The maximum absolute atomic E-state index is 6.91. The van der Waals surface area contributed by atoms with Gasteiger partial charge in [-0.3, -0.25) is 0 Å². The van der Waals surface area contributed by atoms with Crippen molar-refractivity contribution in [1.82, 2.24) is 30.0 Å². The number of fused-ring (bicyclic) bond motifs is 2. The molecule has 9 aromatic rings. The number of aromatic nitrogens is 6. The molecule has 1 saturated heterocycles. The summed E-state index contributed by atoms with van der Waals surface area (Å²) in [4.78, 5) is 0. The lowest BCUT2D eigenvalue weighted by molar-refractivity contribution is -0.331. The van der Waals surface area contributed by atoms with Crippen LogP contribution in [-0.2, 0) is 74.5 Å². The molecular formula is C57H56N6O8. The second-order valence-electron chi connectivity index (χ2n) is 17.3. The summed E-state index contributed by atoms with van der Waals surface area (Å²) in [5.41, 5.74) is 4.26. The van der Waals surface area contributed by atoms with Gasteiger partial charge in [0.2, 0.25) is 0 Å². The van der Waals surface area contributed by atoms with E-state index in [1.165, 1.54) is 0 Å². The Morgan fingerprint density at radius 2 is 0.873 bits per heavy atom. The summed E-state index contributed by atoms with van der Waals surface area (Å²) in [5, 5.41) is 22.0. The molecule has 3 heterocycles. The molecule has 71 heavy (non-hydrogen) atoms. The average Bonchev–Trinajstić information content (AvgIpc) is 4.09. The van der Waals surface area contributed by atoms with Crippen LogP contribution in [0.3, 0.4) is 0 Å². The zero-order valence-electron chi connectivity index (χ0n) is 39.3. The van der Waals surface area contributed by atoms with Gasteiger partial charge in [0.25, 0.3) is 0 Å². The van der Waals surface area contributed by atoms with Crippen LogP contribution in [0.25, 0.3) is 21.5 Å². The largest absolute Gasteiger partial charge is 0.491 e. The fourth-order valence-electron chi connectivity index (χ4n) is 8.63. The first kappa shape index (κ1) is 47.4. The molecule has 10 rings (SSSR count). The van der Waals surface area contributed by atoms with E-state index in [9.17, 15) is 0 Å². The molecule has 0 aliphatic carbocycles. The van der Waals surface area contributed by atoms with Gasteiger partial charge in [-0.15, -0.1) is 10.2 Å². The van der Waals surface area contributed by atoms with Gasteiger partial charge in [0, 0.05) is 10.8 Å². The first-order chi connectivity index (χ1) is 35.2. The summed E-state index contributed by atoms with van der Waals surface area (Å²) < 4.78 is 56.4. The number of ether oxygens (including phenoxy) is 8. The van der Waals surface area contributed by atoms with Gasteiger partial charge in [-0.2, -0.15) is 0 Å². The van der Waals surface area contributed by atoms with Gasteiger partial charge >= 0.3 is 0 Å². The molecular weight excluding hydrogens is 897 g/mol. The molecule has 362 valence electrons. The first-order valence-corrected chi connectivity index (χ1v) is 24.0. The molecule has 0 unspecified atom stereocenters. The Labute approximate surface area is 412 Å². The molecule has 0 amide bonds. The van der Waals surface area contributed by atoms with Crippen LogP contribution in [0.5, 0.6) is 11.5 Å². The van der Waals surface area contributed by atoms with E-state index in [1.54, 1.807) is 9.36 Å². The predicted molar refractivity (Wildman–Crippen MR) is 267 cm³/mol. The fraction of sp³-hybridized carbons (Fsp3) is 0.263. The highest BCUT2D eigenvalue weighted by atomic mass is 16.7. The molecule has 0 N–H and O–H groups in total. The van der Waals surface area contributed by atoms with Gasteiger partial charge in [0.1, 0.15) is 60.5 Å². The van der Waals surface area contributed by atoms with Gasteiger partial charge in [-0.1, -0.05) is 174 Å². The highest BCUT2D eigenvalue weighted by Gasteiger charge is 2.49. The topological polar surface area (TPSA) is 135 Å². The van der Waals surface area contributed by atoms with Crippen LogP contribution in [0.4, 0.5) is 0 Å². The van der Waals surface area contributed by atoms with Crippen molar-refractivity contribution in [1.29, 1.82) is 0 Å². The lowest BCUT2D eigenvalue weighted by atomic mass is 9.97. The minimum atomic E-state index is -0.924. The van der Waals surface area contributed by atoms with Crippen LogP contribution >= 0.6 is 0 Å². The van der Waals surface area contributed by atoms with Crippen LogP contribution in [0, 0.1) is 0 Å². The van der Waals surface area contributed by atoms with Crippen LogP contribution in [-0.4, -0.2) is 80.5 Å². The molecule has 7 aromatic carbocycles. The monoisotopic (exact) mass is 952 g/mol. The van der Waals surface area contributed by atoms with E-state index >= 15 is 0 Å². The Morgan fingerprint density at radius 1 is 0.423 bits per heavy atom. The Balaban J connectivity index is 0.852. The van der Waals surface area contributed by atoms with Crippen LogP contribution < -0.4 is 9.47 Å². The molecule has 14 nitrogen and oxygen atoms in total. The lowest BCUT2D eigenvalue weighted by Gasteiger charge is -2.45. The molecule has 1 aliphatic heterocycles. The molecule has 0 saturated carbocycles. The Kier molecular flexibility index (Phi) is 16.0. The maximum atomic E-state index is 6.91. The van der Waals surface area contributed by atoms with Crippen molar-refractivity contribution in [2.75, 3.05) is 19.8 Å². The smallest absolute Gasteiger partial charge is 0.187 e. The lowest BCUT2D eigenvalue weighted by Crippen LogP contribution is -2.61. The average molecular weight is 953 g/mol. The molecule has 0 bridgehead atoms. The standard InChI is InChI=1S/C57H56N6O8/c1-4-16-42(17-5-1)36-67-54-53(41-64-39-47-34-62(60-58-47)30-32-65-51-28-14-24-45-22-10-12-26-49(45)51)71-57(56(69-38-44-20-8-3-9-21-44)55(54)68-37-43-18-6-2-7-19-43)70-40-48-35-63(61-59-48)31-33-66-52-29-15-25-46-23-11-13-27-50(46)52/h1-29,34-35,53-57H,30-33,36-41H2/t53-,54-,55+,56-,57+/m1/s1. The van der Waals surface area contributed by atoms with Crippen molar-refractivity contribution in [3.63, 3.8) is 0 Å². The molecule has 1 aliphatic rings. The van der Waals surface area contributed by atoms with Gasteiger partial charge in [0.15, 0.2) is 6.29 Å².